The van der Waals surface area contributed by atoms with Crippen molar-refractivity contribution in [3.8, 4) is 0 Å². The smallest absolute Gasteiger partial charge is 0.270 e. The monoisotopic (exact) mass is 312 g/mol. The summed E-state index contributed by atoms with van der Waals surface area (Å²) in [5.41, 5.74) is -1.38. The molecule has 0 aromatic heterocycles. The quantitative estimate of drug-likeness (QED) is 0.635. The van der Waals surface area contributed by atoms with Crippen LogP contribution in [0.3, 0.4) is 0 Å². The van der Waals surface area contributed by atoms with Crippen LogP contribution in [0.4, 0.5) is 14.5 Å². The number of benzene rings is 1. The molecule has 1 aromatic carbocycles. The molecular weight excluding hydrogens is 298 g/mol. The second-order valence-electron chi connectivity index (χ2n) is 5.33. The van der Waals surface area contributed by atoms with Crippen LogP contribution in [0.15, 0.2) is 23.2 Å². The zero-order chi connectivity index (χ0) is 15.9. The molecule has 0 saturated carbocycles. The van der Waals surface area contributed by atoms with E-state index >= 15 is 0 Å². The number of fused-ring (bicyclic) bond motifs is 1. The maximum Gasteiger partial charge on any atom is 0.270 e. The van der Waals surface area contributed by atoms with Gasteiger partial charge in [0.1, 0.15) is 24.1 Å². The van der Waals surface area contributed by atoms with Gasteiger partial charge >= 0.3 is 0 Å². The number of non-ortho nitro benzene ring substituents is 1. The zero-order valence-electron chi connectivity index (χ0n) is 11.8. The van der Waals surface area contributed by atoms with Crippen LogP contribution < -0.4 is 0 Å². The highest BCUT2D eigenvalue weighted by molar-refractivity contribution is 5.75. The van der Waals surface area contributed by atoms with E-state index in [4.69, 9.17) is 9.47 Å². The fraction of sp³-hybridized carbons (Fsp3) is 0.500. The SMILES string of the molecule is CC1=N[C@@]2(c3cc([N+](=O)[O-])ccc3F)CCO[C@H]2[C@@H](CF)O1. The minimum Gasteiger partial charge on any atom is -0.472 e. The lowest BCUT2D eigenvalue weighted by Crippen LogP contribution is -2.49. The number of aliphatic imine (C=N–C) groups is 1. The topological polar surface area (TPSA) is 74.0 Å². The third-order valence-electron chi connectivity index (χ3n) is 4.05. The van der Waals surface area contributed by atoms with Crippen LogP contribution >= 0.6 is 0 Å². The Morgan fingerprint density at radius 2 is 2.32 bits per heavy atom. The molecule has 0 radical (unpaired) electrons. The Morgan fingerprint density at radius 3 is 3.00 bits per heavy atom. The van der Waals surface area contributed by atoms with Gasteiger partial charge < -0.3 is 9.47 Å². The number of ether oxygens (including phenoxy) is 2. The number of hydrogen-bond acceptors (Lipinski definition) is 5. The summed E-state index contributed by atoms with van der Waals surface area (Å²) >= 11 is 0. The largest absolute Gasteiger partial charge is 0.472 e. The van der Waals surface area contributed by atoms with Gasteiger partial charge in [-0.2, -0.15) is 0 Å². The van der Waals surface area contributed by atoms with Crippen LogP contribution in [0.5, 0.6) is 0 Å². The van der Waals surface area contributed by atoms with Gasteiger partial charge in [-0.25, -0.2) is 13.8 Å². The second kappa shape index (κ2) is 5.28. The average molecular weight is 312 g/mol. The molecule has 22 heavy (non-hydrogen) atoms. The molecule has 0 unspecified atom stereocenters. The number of alkyl halides is 1. The second-order valence-corrected chi connectivity index (χ2v) is 5.33. The number of halogens is 2. The normalized spacial score (nSPS) is 30.4. The third-order valence-corrected chi connectivity index (χ3v) is 4.05. The maximum atomic E-state index is 14.3. The van der Waals surface area contributed by atoms with Gasteiger partial charge in [0, 0.05) is 31.0 Å². The van der Waals surface area contributed by atoms with Crippen molar-refractivity contribution in [3.63, 3.8) is 0 Å². The minimum atomic E-state index is -1.19. The van der Waals surface area contributed by atoms with Crippen LogP contribution in [0.25, 0.3) is 0 Å². The van der Waals surface area contributed by atoms with Gasteiger partial charge in [0.15, 0.2) is 12.0 Å². The predicted octanol–water partition coefficient (Wildman–Crippen LogP) is 2.50. The van der Waals surface area contributed by atoms with Gasteiger partial charge in [0.05, 0.1) is 11.5 Å². The van der Waals surface area contributed by atoms with E-state index in [1.807, 2.05) is 0 Å². The molecular formula is C14H14F2N2O4. The first-order chi connectivity index (χ1) is 10.5. The number of nitro groups is 1. The molecule has 3 atom stereocenters. The van der Waals surface area contributed by atoms with E-state index in [0.29, 0.717) is 6.42 Å². The fourth-order valence-electron chi connectivity index (χ4n) is 3.16. The molecule has 0 amide bonds. The maximum absolute atomic E-state index is 14.3. The van der Waals surface area contributed by atoms with E-state index in [1.165, 1.54) is 0 Å². The van der Waals surface area contributed by atoms with Gasteiger partial charge in [-0.1, -0.05) is 0 Å². The summed E-state index contributed by atoms with van der Waals surface area (Å²) in [6, 6.07) is 3.26. The Kier molecular flexibility index (Phi) is 3.56. The Morgan fingerprint density at radius 1 is 1.55 bits per heavy atom. The molecule has 118 valence electrons. The predicted molar refractivity (Wildman–Crippen MR) is 73.0 cm³/mol. The number of nitrogens with zero attached hydrogens (tertiary/aromatic N) is 2. The molecule has 8 heteroatoms. The standard InChI is InChI=1S/C14H14F2N2O4/c1-8-17-14(4-5-21-13(14)12(7-15)22-8)10-6-9(18(19)20)2-3-11(10)16/h2-3,6,12-13H,4-5,7H2,1H3/t12-,13+,14-/m1/s1. The Bertz CT molecular complexity index is 652. The first kappa shape index (κ1) is 14.8. The molecule has 0 spiro atoms. The highest BCUT2D eigenvalue weighted by Crippen LogP contribution is 2.46. The number of nitro benzene ring substituents is 1. The van der Waals surface area contributed by atoms with Crippen molar-refractivity contribution in [1.29, 1.82) is 0 Å². The highest BCUT2D eigenvalue weighted by atomic mass is 19.1. The lowest BCUT2D eigenvalue weighted by Gasteiger charge is -2.38. The Balaban J connectivity index is 2.17. The number of rotatable bonds is 3. The summed E-state index contributed by atoms with van der Waals surface area (Å²) in [7, 11) is 0. The molecule has 0 bridgehead atoms. The average Bonchev–Trinajstić information content (AvgIpc) is 2.90. The van der Waals surface area contributed by atoms with Crippen molar-refractivity contribution in [1.82, 2.24) is 0 Å². The van der Waals surface area contributed by atoms with Gasteiger partial charge in [-0.3, -0.25) is 10.1 Å². The summed E-state index contributed by atoms with van der Waals surface area (Å²) in [6.07, 6.45) is -1.40. The van der Waals surface area contributed by atoms with E-state index in [2.05, 4.69) is 4.99 Å². The molecule has 3 rings (SSSR count). The van der Waals surface area contributed by atoms with Gasteiger partial charge in [0.25, 0.3) is 5.69 Å². The van der Waals surface area contributed by atoms with Gasteiger partial charge in [-0.05, 0) is 6.07 Å². The molecule has 1 aromatic rings. The third kappa shape index (κ3) is 2.14. The summed E-state index contributed by atoms with van der Waals surface area (Å²) in [5.74, 6) is -0.410. The fourth-order valence-corrected chi connectivity index (χ4v) is 3.16. The zero-order valence-corrected chi connectivity index (χ0v) is 11.8. The van der Waals surface area contributed by atoms with E-state index in [1.54, 1.807) is 6.92 Å². The summed E-state index contributed by atoms with van der Waals surface area (Å²) in [4.78, 5) is 14.7. The van der Waals surface area contributed by atoms with E-state index < -0.39 is 35.2 Å². The summed E-state index contributed by atoms with van der Waals surface area (Å²) in [5, 5.41) is 11.0. The Labute approximate surface area is 124 Å². The molecule has 2 aliphatic rings. The molecule has 2 heterocycles. The van der Waals surface area contributed by atoms with Crippen LogP contribution in [0, 0.1) is 15.9 Å². The molecule has 2 aliphatic heterocycles. The van der Waals surface area contributed by atoms with Crippen molar-refractivity contribution in [2.45, 2.75) is 31.1 Å². The van der Waals surface area contributed by atoms with E-state index in [9.17, 15) is 18.9 Å². The van der Waals surface area contributed by atoms with Crippen molar-refractivity contribution in [3.05, 3.63) is 39.7 Å². The van der Waals surface area contributed by atoms with Crippen molar-refractivity contribution in [2.75, 3.05) is 13.3 Å². The minimum absolute atomic E-state index is 0.0466. The summed E-state index contributed by atoms with van der Waals surface area (Å²) < 4.78 is 38.4. The first-order valence-corrected chi connectivity index (χ1v) is 6.83. The van der Waals surface area contributed by atoms with Crippen LogP contribution in [0.1, 0.15) is 18.9 Å². The van der Waals surface area contributed by atoms with Crippen LogP contribution in [-0.4, -0.2) is 36.3 Å². The van der Waals surface area contributed by atoms with E-state index in [0.717, 1.165) is 18.2 Å². The van der Waals surface area contributed by atoms with Gasteiger partial charge in [-0.15, -0.1) is 0 Å². The molecule has 1 saturated heterocycles. The van der Waals surface area contributed by atoms with Crippen molar-refractivity contribution >= 4 is 11.6 Å². The molecule has 0 N–H and O–H groups in total. The number of hydrogen-bond donors (Lipinski definition) is 0. The van der Waals surface area contributed by atoms with E-state index in [-0.39, 0.29) is 23.8 Å². The lowest BCUT2D eigenvalue weighted by atomic mass is 9.80. The molecule has 6 nitrogen and oxygen atoms in total. The lowest BCUT2D eigenvalue weighted by molar-refractivity contribution is -0.385. The molecule has 1 fully saturated rings. The van der Waals surface area contributed by atoms with Crippen molar-refractivity contribution in [2.24, 2.45) is 4.99 Å². The Hall–Kier alpha value is -2.09. The van der Waals surface area contributed by atoms with Crippen molar-refractivity contribution < 1.29 is 23.2 Å². The van der Waals surface area contributed by atoms with Crippen LogP contribution in [0.2, 0.25) is 0 Å². The summed E-state index contributed by atoms with van der Waals surface area (Å²) in [6.45, 7) is 0.994. The molecule has 0 aliphatic carbocycles. The first-order valence-electron chi connectivity index (χ1n) is 6.83. The van der Waals surface area contributed by atoms with Gasteiger partial charge in [0.2, 0.25) is 0 Å². The highest BCUT2D eigenvalue weighted by Gasteiger charge is 2.54. The van der Waals surface area contributed by atoms with Crippen LogP contribution in [-0.2, 0) is 15.0 Å².